The minimum absolute atomic E-state index is 0.177. The highest BCUT2D eigenvalue weighted by Crippen LogP contribution is 2.20. The molecule has 0 saturated carbocycles. The fraction of sp³-hybridized carbons (Fsp3) is 0.0870. The van der Waals surface area contributed by atoms with Crippen LogP contribution < -0.4 is 5.32 Å². The number of amides is 1. The molecule has 1 N–H and O–H groups in total. The highest BCUT2D eigenvalue weighted by atomic mass is 16.1. The van der Waals surface area contributed by atoms with Crippen molar-refractivity contribution in [3.8, 4) is 0 Å². The maximum Gasteiger partial charge on any atom is 0.248 e. The average molecular weight is 355 g/mol. The van der Waals surface area contributed by atoms with Crippen LogP contribution in [-0.2, 0) is 11.2 Å². The van der Waals surface area contributed by atoms with Crippen molar-refractivity contribution in [1.29, 1.82) is 0 Å². The number of nitrogens with one attached hydrogen (secondary N) is 1. The number of hydrogen-bond acceptors (Lipinski definition) is 3. The van der Waals surface area contributed by atoms with Gasteiger partial charge in [-0.1, -0.05) is 49.4 Å². The Morgan fingerprint density at radius 1 is 0.852 bits per heavy atom. The van der Waals surface area contributed by atoms with Gasteiger partial charge in [0.05, 0.1) is 11.4 Å². The summed E-state index contributed by atoms with van der Waals surface area (Å²) in [5.74, 6) is -0.177. The number of rotatable bonds is 6. The number of anilines is 1. The van der Waals surface area contributed by atoms with Gasteiger partial charge in [-0.15, -0.1) is 0 Å². The van der Waals surface area contributed by atoms with Crippen LogP contribution in [0.3, 0.4) is 0 Å². The lowest BCUT2D eigenvalue weighted by Gasteiger charge is -2.02. The number of benzene rings is 3. The Kier molecular flexibility index (Phi) is 6.26. The van der Waals surface area contributed by atoms with E-state index in [1.54, 1.807) is 6.08 Å². The summed E-state index contributed by atoms with van der Waals surface area (Å²) in [5.41, 5.74) is 4.51. The molecule has 4 heteroatoms. The standard InChI is InChI=1S/C23H21N3O/c1-2-18-8-11-21(12-9-18)25-26-22-15-13-20(14-16-22)24-23(27)17-10-19-6-4-3-5-7-19/h3-17H,2H2,1H3,(H,24,27). The van der Waals surface area contributed by atoms with Crippen molar-refractivity contribution in [1.82, 2.24) is 0 Å². The Labute approximate surface area is 159 Å². The first-order valence-electron chi connectivity index (χ1n) is 8.88. The normalized spacial score (nSPS) is 11.1. The molecule has 0 aliphatic rings. The van der Waals surface area contributed by atoms with Gasteiger partial charge in [-0.3, -0.25) is 4.79 Å². The van der Waals surface area contributed by atoms with Gasteiger partial charge < -0.3 is 5.32 Å². The topological polar surface area (TPSA) is 53.8 Å². The smallest absolute Gasteiger partial charge is 0.248 e. The van der Waals surface area contributed by atoms with Crippen molar-refractivity contribution in [3.63, 3.8) is 0 Å². The van der Waals surface area contributed by atoms with Crippen molar-refractivity contribution in [3.05, 3.63) is 96.1 Å². The summed E-state index contributed by atoms with van der Waals surface area (Å²) in [4.78, 5) is 12.0. The highest BCUT2D eigenvalue weighted by molar-refractivity contribution is 6.01. The monoisotopic (exact) mass is 355 g/mol. The van der Waals surface area contributed by atoms with E-state index in [2.05, 4.69) is 34.6 Å². The van der Waals surface area contributed by atoms with Crippen molar-refractivity contribution in [2.24, 2.45) is 10.2 Å². The van der Waals surface area contributed by atoms with E-state index in [0.717, 1.165) is 23.4 Å². The Morgan fingerprint density at radius 3 is 2.04 bits per heavy atom. The highest BCUT2D eigenvalue weighted by Gasteiger charge is 1.98. The van der Waals surface area contributed by atoms with Gasteiger partial charge in [-0.25, -0.2) is 0 Å². The molecule has 134 valence electrons. The predicted molar refractivity (Wildman–Crippen MR) is 111 cm³/mol. The third kappa shape index (κ3) is 5.75. The summed E-state index contributed by atoms with van der Waals surface area (Å²) in [5, 5.41) is 11.3. The van der Waals surface area contributed by atoms with Crippen LogP contribution in [-0.4, -0.2) is 5.91 Å². The fourth-order valence-corrected chi connectivity index (χ4v) is 2.45. The third-order valence-electron chi connectivity index (χ3n) is 3.99. The lowest BCUT2D eigenvalue weighted by atomic mass is 10.2. The molecule has 3 rings (SSSR count). The lowest BCUT2D eigenvalue weighted by molar-refractivity contribution is -0.111. The molecular weight excluding hydrogens is 334 g/mol. The van der Waals surface area contributed by atoms with E-state index < -0.39 is 0 Å². The van der Waals surface area contributed by atoms with Crippen LogP contribution in [0.2, 0.25) is 0 Å². The van der Waals surface area contributed by atoms with Crippen LogP contribution in [0.25, 0.3) is 6.08 Å². The second kappa shape index (κ2) is 9.25. The molecule has 0 saturated heterocycles. The molecule has 0 atom stereocenters. The lowest BCUT2D eigenvalue weighted by Crippen LogP contribution is -2.07. The van der Waals surface area contributed by atoms with Crippen LogP contribution in [0.4, 0.5) is 17.1 Å². The quantitative estimate of drug-likeness (QED) is 0.408. The number of carbonyl (C=O) groups is 1. The third-order valence-corrected chi connectivity index (χ3v) is 3.99. The first-order valence-corrected chi connectivity index (χ1v) is 8.88. The Balaban J connectivity index is 1.57. The van der Waals surface area contributed by atoms with Gasteiger partial charge in [-0.05, 0) is 60.0 Å². The maximum absolute atomic E-state index is 12.0. The van der Waals surface area contributed by atoms with Gasteiger partial charge in [0, 0.05) is 11.8 Å². The summed E-state index contributed by atoms with van der Waals surface area (Å²) >= 11 is 0. The number of hydrogen-bond donors (Lipinski definition) is 1. The van der Waals surface area contributed by atoms with Crippen molar-refractivity contribution in [2.45, 2.75) is 13.3 Å². The van der Waals surface area contributed by atoms with E-state index in [0.29, 0.717) is 5.69 Å². The van der Waals surface area contributed by atoms with Crippen LogP contribution in [0.5, 0.6) is 0 Å². The predicted octanol–water partition coefficient (Wildman–Crippen LogP) is 6.32. The van der Waals surface area contributed by atoms with Gasteiger partial charge in [0.1, 0.15) is 0 Å². The molecule has 0 spiro atoms. The average Bonchev–Trinajstić information content (AvgIpc) is 2.73. The summed E-state index contributed by atoms with van der Waals surface area (Å²) in [6.45, 7) is 2.12. The molecule has 3 aromatic rings. The zero-order valence-corrected chi connectivity index (χ0v) is 15.2. The zero-order chi connectivity index (χ0) is 18.9. The molecule has 0 fully saturated rings. The molecular formula is C23H21N3O. The molecule has 27 heavy (non-hydrogen) atoms. The molecule has 0 heterocycles. The number of nitrogens with zero attached hydrogens (tertiary/aromatic N) is 2. The van der Waals surface area contributed by atoms with Crippen LogP contribution >= 0.6 is 0 Å². The largest absolute Gasteiger partial charge is 0.323 e. The van der Waals surface area contributed by atoms with E-state index in [1.165, 1.54) is 11.6 Å². The van der Waals surface area contributed by atoms with E-state index in [1.807, 2.05) is 66.7 Å². The van der Waals surface area contributed by atoms with Gasteiger partial charge in [-0.2, -0.15) is 10.2 Å². The summed E-state index contributed by atoms with van der Waals surface area (Å²) in [6.07, 6.45) is 4.30. The van der Waals surface area contributed by atoms with Gasteiger partial charge >= 0.3 is 0 Å². The Bertz CT molecular complexity index is 928. The Morgan fingerprint density at radius 2 is 1.44 bits per heavy atom. The first kappa shape index (κ1) is 18.3. The van der Waals surface area contributed by atoms with E-state index in [4.69, 9.17) is 0 Å². The number of carbonyl (C=O) groups excluding carboxylic acids is 1. The molecule has 1 amide bonds. The SMILES string of the molecule is CCc1ccc(N=Nc2ccc(NC(=O)C=Cc3ccccc3)cc2)cc1. The van der Waals surface area contributed by atoms with Gasteiger partial charge in [0.25, 0.3) is 0 Å². The van der Waals surface area contributed by atoms with Crippen molar-refractivity contribution in [2.75, 3.05) is 5.32 Å². The summed E-state index contributed by atoms with van der Waals surface area (Å²) in [6, 6.07) is 25.0. The molecule has 4 nitrogen and oxygen atoms in total. The molecule has 3 aromatic carbocycles. The summed E-state index contributed by atoms with van der Waals surface area (Å²) in [7, 11) is 0. The second-order valence-electron chi connectivity index (χ2n) is 6.00. The molecule has 0 unspecified atom stereocenters. The Hall–Kier alpha value is -3.53. The van der Waals surface area contributed by atoms with E-state index >= 15 is 0 Å². The number of aryl methyl sites for hydroxylation is 1. The number of azo groups is 1. The maximum atomic E-state index is 12.0. The van der Waals surface area contributed by atoms with Crippen molar-refractivity contribution < 1.29 is 4.79 Å². The van der Waals surface area contributed by atoms with Gasteiger partial charge in [0.2, 0.25) is 5.91 Å². The minimum atomic E-state index is -0.177. The summed E-state index contributed by atoms with van der Waals surface area (Å²) < 4.78 is 0. The van der Waals surface area contributed by atoms with Crippen LogP contribution in [0, 0.1) is 0 Å². The fourth-order valence-electron chi connectivity index (χ4n) is 2.45. The van der Waals surface area contributed by atoms with Crippen LogP contribution in [0.15, 0.2) is 95.2 Å². The molecule has 0 aromatic heterocycles. The van der Waals surface area contributed by atoms with E-state index in [9.17, 15) is 4.79 Å². The van der Waals surface area contributed by atoms with Crippen LogP contribution in [0.1, 0.15) is 18.1 Å². The molecule has 0 aliphatic carbocycles. The second-order valence-corrected chi connectivity index (χ2v) is 6.00. The van der Waals surface area contributed by atoms with Gasteiger partial charge in [0.15, 0.2) is 0 Å². The first-order chi connectivity index (χ1) is 13.2. The molecule has 0 aliphatic heterocycles. The molecule has 0 bridgehead atoms. The minimum Gasteiger partial charge on any atom is -0.323 e. The zero-order valence-electron chi connectivity index (χ0n) is 15.2. The van der Waals surface area contributed by atoms with Crippen molar-refractivity contribution >= 4 is 29.0 Å². The molecule has 0 radical (unpaired) electrons. The van der Waals surface area contributed by atoms with E-state index in [-0.39, 0.29) is 5.91 Å².